The van der Waals surface area contributed by atoms with Crippen molar-refractivity contribution in [3.63, 3.8) is 0 Å². The molecule has 2 rings (SSSR count). The van der Waals surface area contributed by atoms with Gasteiger partial charge < -0.3 is 15.5 Å². The first kappa shape index (κ1) is 12.3. The molecule has 1 fully saturated rings. The zero-order chi connectivity index (χ0) is 12.1. The predicted molar refractivity (Wildman–Crippen MR) is 68.8 cm³/mol. The maximum atomic E-state index is 12.9. The quantitative estimate of drug-likeness (QED) is 0.831. The second kappa shape index (κ2) is 5.98. The molecule has 2 N–H and O–H groups in total. The van der Waals surface area contributed by atoms with Crippen LogP contribution in [0, 0.1) is 5.82 Å². The molecule has 17 heavy (non-hydrogen) atoms. The van der Waals surface area contributed by atoms with Crippen LogP contribution in [0.2, 0.25) is 0 Å². The fourth-order valence-electron chi connectivity index (χ4n) is 2.17. The molecule has 1 aromatic rings. The molecule has 1 heterocycles. The topological polar surface area (TPSA) is 27.3 Å². The van der Waals surface area contributed by atoms with Gasteiger partial charge in [0.25, 0.3) is 0 Å². The molecule has 0 spiro atoms. The average Bonchev–Trinajstić information content (AvgIpc) is 2.29. The Morgan fingerprint density at radius 3 is 3.18 bits per heavy atom. The fourth-order valence-corrected chi connectivity index (χ4v) is 2.17. The van der Waals surface area contributed by atoms with Crippen molar-refractivity contribution in [2.75, 3.05) is 38.5 Å². The Hall–Kier alpha value is -1.13. The molecule has 1 aliphatic rings. The zero-order valence-electron chi connectivity index (χ0n) is 10.2. The first-order chi connectivity index (χ1) is 8.24. The summed E-state index contributed by atoms with van der Waals surface area (Å²) >= 11 is 0. The highest BCUT2D eigenvalue weighted by Gasteiger charge is 2.15. The molecule has 0 aliphatic carbocycles. The molecular weight excluding hydrogens is 217 g/mol. The Kier molecular flexibility index (Phi) is 4.34. The molecule has 0 amide bonds. The number of hydrogen-bond donors (Lipinski definition) is 2. The number of piperazine rings is 1. The van der Waals surface area contributed by atoms with Crippen LogP contribution in [0.5, 0.6) is 0 Å². The molecule has 1 unspecified atom stereocenters. The molecule has 0 bridgehead atoms. The van der Waals surface area contributed by atoms with Crippen molar-refractivity contribution in [3.05, 3.63) is 30.1 Å². The highest BCUT2D eigenvalue weighted by atomic mass is 19.1. The Morgan fingerprint density at radius 2 is 2.41 bits per heavy atom. The van der Waals surface area contributed by atoms with Crippen molar-refractivity contribution in [2.45, 2.75) is 12.5 Å². The normalized spacial score (nSPS) is 21.4. The molecule has 1 atom stereocenters. The summed E-state index contributed by atoms with van der Waals surface area (Å²) in [6.07, 6.45) is 1.06. The van der Waals surface area contributed by atoms with Crippen LogP contribution in [-0.4, -0.2) is 44.2 Å². The van der Waals surface area contributed by atoms with Crippen LogP contribution in [0.1, 0.15) is 6.42 Å². The van der Waals surface area contributed by atoms with E-state index in [2.05, 4.69) is 22.6 Å². The van der Waals surface area contributed by atoms with Gasteiger partial charge in [-0.25, -0.2) is 4.39 Å². The maximum absolute atomic E-state index is 12.9. The number of nitrogens with zero attached hydrogens (tertiary/aromatic N) is 1. The minimum atomic E-state index is -0.189. The summed E-state index contributed by atoms with van der Waals surface area (Å²) < 4.78 is 12.9. The highest BCUT2D eigenvalue weighted by Crippen LogP contribution is 2.09. The largest absolute Gasteiger partial charge is 0.385 e. The van der Waals surface area contributed by atoms with Gasteiger partial charge in [0.05, 0.1) is 0 Å². The van der Waals surface area contributed by atoms with E-state index in [0.717, 1.165) is 38.3 Å². The van der Waals surface area contributed by atoms with Crippen molar-refractivity contribution in [1.29, 1.82) is 0 Å². The van der Waals surface area contributed by atoms with Crippen LogP contribution in [-0.2, 0) is 0 Å². The van der Waals surface area contributed by atoms with Crippen LogP contribution in [0.15, 0.2) is 24.3 Å². The standard InChI is InChI=1S/C13H20FN3/c1-17-8-7-16-13(10-17)5-6-15-12-4-2-3-11(14)9-12/h2-4,9,13,15-16H,5-8,10H2,1H3. The van der Waals surface area contributed by atoms with E-state index < -0.39 is 0 Å². The Labute approximate surface area is 102 Å². The van der Waals surface area contributed by atoms with E-state index in [0.29, 0.717) is 6.04 Å². The summed E-state index contributed by atoms with van der Waals surface area (Å²) in [5, 5.41) is 6.74. The summed E-state index contributed by atoms with van der Waals surface area (Å²) in [7, 11) is 2.15. The van der Waals surface area contributed by atoms with E-state index in [4.69, 9.17) is 0 Å². The molecule has 1 aliphatic heterocycles. The van der Waals surface area contributed by atoms with E-state index >= 15 is 0 Å². The lowest BCUT2D eigenvalue weighted by atomic mass is 10.1. The van der Waals surface area contributed by atoms with Gasteiger partial charge in [-0.1, -0.05) is 6.07 Å². The summed E-state index contributed by atoms with van der Waals surface area (Å²) in [6, 6.07) is 7.15. The van der Waals surface area contributed by atoms with E-state index in [1.807, 2.05) is 6.07 Å². The highest BCUT2D eigenvalue weighted by molar-refractivity contribution is 5.42. The third-order valence-electron chi connectivity index (χ3n) is 3.11. The van der Waals surface area contributed by atoms with Crippen molar-refractivity contribution in [2.24, 2.45) is 0 Å². The fraction of sp³-hybridized carbons (Fsp3) is 0.538. The van der Waals surface area contributed by atoms with Gasteiger partial charge in [0.1, 0.15) is 5.82 Å². The number of rotatable bonds is 4. The number of likely N-dealkylation sites (N-methyl/N-ethyl adjacent to an activating group) is 1. The maximum Gasteiger partial charge on any atom is 0.125 e. The van der Waals surface area contributed by atoms with Gasteiger partial charge in [0.2, 0.25) is 0 Å². The first-order valence-corrected chi connectivity index (χ1v) is 6.15. The summed E-state index contributed by atoms with van der Waals surface area (Å²) in [4.78, 5) is 2.34. The van der Waals surface area contributed by atoms with Gasteiger partial charge in [-0.2, -0.15) is 0 Å². The van der Waals surface area contributed by atoms with Crippen LogP contribution in [0.3, 0.4) is 0 Å². The number of anilines is 1. The number of hydrogen-bond acceptors (Lipinski definition) is 3. The minimum Gasteiger partial charge on any atom is -0.385 e. The molecular formula is C13H20FN3. The smallest absolute Gasteiger partial charge is 0.125 e. The molecule has 1 aromatic carbocycles. The SMILES string of the molecule is CN1CCNC(CCNc2cccc(F)c2)C1. The third-order valence-corrected chi connectivity index (χ3v) is 3.11. The Morgan fingerprint density at radius 1 is 1.53 bits per heavy atom. The van der Waals surface area contributed by atoms with Gasteiger partial charge in [0.15, 0.2) is 0 Å². The summed E-state index contributed by atoms with van der Waals surface area (Å²) in [6.45, 7) is 4.13. The van der Waals surface area contributed by atoms with Crippen molar-refractivity contribution in [3.8, 4) is 0 Å². The molecule has 3 nitrogen and oxygen atoms in total. The van der Waals surface area contributed by atoms with Crippen LogP contribution in [0.4, 0.5) is 10.1 Å². The second-order valence-corrected chi connectivity index (χ2v) is 4.64. The van der Waals surface area contributed by atoms with Crippen LogP contribution in [0.25, 0.3) is 0 Å². The van der Waals surface area contributed by atoms with E-state index in [1.165, 1.54) is 12.1 Å². The molecule has 0 saturated carbocycles. The first-order valence-electron chi connectivity index (χ1n) is 6.15. The average molecular weight is 237 g/mol. The van der Waals surface area contributed by atoms with Crippen molar-refractivity contribution in [1.82, 2.24) is 10.2 Å². The minimum absolute atomic E-state index is 0.189. The lowest BCUT2D eigenvalue weighted by molar-refractivity contribution is 0.234. The Balaban J connectivity index is 1.72. The van der Waals surface area contributed by atoms with Crippen molar-refractivity contribution < 1.29 is 4.39 Å². The predicted octanol–water partition coefficient (Wildman–Crippen LogP) is 1.53. The van der Waals surface area contributed by atoms with Gasteiger partial charge in [-0.3, -0.25) is 0 Å². The van der Waals surface area contributed by atoms with Crippen LogP contribution < -0.4 is 10.6 Å². The van der Waals surface area contributed by atoms with E-state index in [9.17, 15) is 4.39 Å². The van der Waals surface area contributed by atoms with E-state index in [1.54, 1.807) is 6.07 Å². The number of benzene rings is 1. The zero-order valence-corrected chi connectivity index (χ0v) is 10.2. The number of halogens is 1. The van der Waals surface area contributed by atoms with Crippen LogP contribution >= 0.6 is 0 Å². The lowest BCUT2D eigenvalue weighted by Crippen LogP contribution is -2.49. The molecule has 0 aromatic heterocycles. The molecule has 0 radical (unpaired) electrons. The van der Waals surface area contributed by atoms with Gasteiger partial charge in [0, 0.05) is 37.9 Å². The monoisotopic (exact) mass is 237 g/mol. The number of nitrogens with one attached hydrogen (secondary N) is 2. The van der Waals surface area contributed by atoms with Gasteiger partial charge in [-0.05, 0) is 31.7 Å². The van der Waals surface area contributed by atoms with E-state index in [-0.39, 0.29) is 5.82 Å². The van der Waals surface area contributed by atoms with Crippen molar-refractivity contribution >= 4 is 5.69 Å². The summed E-state index contributed by atoms with van der Waals surface area (Å²) in [5.74, 6) is -0.189. The van der Waals surface area contributed by atoms with Gasteiger partial charge in [-0.15, -0.1) is 0 Å². The summed E-state index contributed by atoms with van der Waals surface area (Å²) in [5.41, 5.74) is 0.856. The molecule has 94 valence electrons. The molecule has 1 saturated heterocycles. The lowest BCUT2D eigenvalue weighted by Gasteiger charge is -2.31. The molecule has 4 heteroatoms. The third kappa shape index (κ3) is 3.98. The van der Waals surface area contributed by atoms with Gasteiger partial charge >= 0.3 is 0 Å². The Bertz CT molecular complexity index is 356. The second-order valence-electron chi connectivity index (χ2n) is 4.64.